The van der Waals surface area contributed by atoms with Crippen molar-refractivity contribution in [1.82, 2.24) is 10.3 Å². The van der Waals surface area contributed by atoms with Crippen molar-refractivity contribution < 1.29 is 9.53 Å². The summed E-state index contributed by atoms with van der Waals surface area (Å²) in [6, 6.07) is 9.86. The number of benzene rings is 1. The minimum absolute atomic E-state index is 0.0173. The molecule has 116 valence electrons. The van der Waals surface area contributed by atoms with Crippen LogP contribution in [0.15, 0.2) is 42.7 Å². The highest BCUT2D eigenvalue weighted by Gasteiger charge is 2.10. The molecule has 0 atom stereocenters. The molecule has 0 aliphatic carbocycles. The third kappa shape index (κ3) is 4.58. The lowest BCUT2D eigenvalue weighted by Crippen LogP contribution is -2.28. The second-order valence-electron chi connectivity index (χ2n) is 5.62. The number of amides is 1. The number of carbonyl (C=O) groups is 1. The van der Waals surface area contributed by atoms with E-state index in [0.29, 0.717) is 12.5 Å². The average Bonchev–Trinajstić information content (AvgIpc) is 2.51. The molecule has 1 N–H and O–H groups in total. The molecule has 0 radical (unpaired) electrons. The van der Waals surface area contributed by atoms with Gasteiger partial charge >= 0.3 is 0 Å². The maximum absolute atomic E-state index is 11.9. The standard InChI is InChI=1S/C18H22N2O2/c1-13(2)16-7-6-14(3)9-17(16)22-12-18(21)20-11-15-5-4-8-19-10-15/h4-10,13H,11-12H2,1-3H3,(H,20,21). The normalized spacial score (nSPS) is 10.5. The van der Waals surface area contributed by atoms with E-state index in [4.69, 9.17) is 4.74 Å². The van der Waals surface area contributed by atoms with Crippen molar-refractivity contribution in [3.05, 3.63) is 59.4 Å². The van der Waals surface area contributed by atoms with Gasteiger partial charge in [-0.1, -0.05) is 32.0 Å². The number of aryl methyl sites for hydroxylation is 1. The summed E-state index contributed by atoms with van der Waals surface area (Å²) in [5.74, 6) is 1.00. The molecule has 0 spiro atoms. The van der Waals surface area contributed by atoms with Crippen LogP contribution in [-0.4, -0.2) is 17.5 Å². The van der Waals surface area contributed by atoms with Gasteiger partial charge in [0, 0.05) is 18.9 Å². The fraction of sp³-hybridized carbons (Fsp3) is 0.333. The highest BCUT2D eigenvalue weighted by molar-refractivity contribution is 5.77. The predicted molar refractivity (Wildman–Crippen MR) is 86.8 cm³/mol. The molecule has 0 aliphatic heterocycles. The summed E-state index contributed by atoms with van der Waals surface area (Å²) in [5.41, 5.74) is 3.20. The van der Waals surface area contributed by atoms with Gasteiger partial charge in [0.2, 0.25) is 0 Å². The van der Waals surface area contributed by atoms with Crippen LogP contribution in [0.3, 0.4) is 0 Å². The third-order valence-electron chi connectivity index (χ3n) is 3.36. The monoisotopic (exact) mass is 298 g/mol. The molecular formula is C18H22N2O2. The van der Waals surface area contributed by atoms with Crippen molar-refractivity contribution in [2.24, 2.45) is 0 Å². The van der Waals surface area contributed by atoms with E-state index in [-0.39, 0.29) is 12.5 Å². The minimum atomic E-state index is -0.139. The van der Waals surface area contributed by atoms with Crippen LogP contribution in [0.2, 0.25) is 0 Å². The maximum atomic E-state index is 11.9. The fourth-order valence-corrected chi connectivity index (χ4v) is 2.14. The molecule has 2 aromatic rings. The molecule has 0 aliphatic rings. The molecule has 1 amide bonds. The second-order valence-corrected chi connectivity index (χ2v) is 5.62. The van der Waals surface area contributed by atoms with Gasteiger partial charge in [0.15, 0.2) is 6.61 Å². The lowest BCUT2D eigenvalue weighted by Gasteiger charge is -2.14. The zero-order chi connectivity index (χ0) is 15.9. The molecule has 0 saturated carbocycles. The number of nitrogens with one attached hydrogen (secondary N) is 1. The van der Waals surface area contributed by atoms with Crippen molar-refractivity contribution in [2.75, 3.05) is 6.61 Å². The van der Waals surface area contributed by atoms with E-state index < -0.39 is 0 Å². The molecule has 0 fully saturated rings. The van der Waals surface area contributed by atoms with E-state index in [1.54, 1.807) is 12.4 Å². The molecule has 1 aromatic carbocycles. The summed E-state index contributed by atoms with van der Waals surface area (Å²) < 4.78 is 5.70. The number of pyridine rings is 1. The molecule has 0 unspecified atom stereocenters. The molecule has 1 aromatic heterocycles. The molecule has 4 nitrogen and oxygen atoms in total. The van der Waals surface area contributed by atoms with Crippen LogP contribution < -0.4 is 10.1 Å². The van der Waals surface area contributed by atoms with E-state index in [1.807, 2.05) is 25.1 Å². The van der Waals surface area contributed by atoms with Gasteiger partial charge < -0.3 is 10.1 Å². The van der Waals surface area contributed by atoms with Crippen LogP contribution in [0.25, 0.3) is 0 Å². The predicted octanol–water partition coefficient (Wildman–Crippen LogP) is 3.21. The quantitative estimate of drug-likeness (QED) is 0.891. The first-order valence-corrected chi connectivity index (χ1v) is 7.45. The van der Waals surface area contributed by atoms with E-state index in [0.717, 1.165) is 22.4 Å². The maximum Gasteiger partial charge on any atom is 0.258 e. The Kier molecular flexibility index (Phi) is 5.53. The van der Waals surface area contributed by atoms with Crippen LogP contribution in [0.1, 0.15) is 36.5 Å². The Morgan fingerprint density at radius 1 is 1.32 bits per heavy atom. The largest absolute Gasteiger partial charge is 0.483 e. The molecule has 0 bridgehead atoms. The summed E-state index contributed by atoms with van der Waals surface area (Å²) in [5, 5.41) is 2.83. The first kappa shape index (κ1) is 16.0. The minimum Gasteiger partial charge on any atom is -0.483 e. The molecule has 1 heterocycles. The Hall–Kier alpha value is -2.36. The first-order chi connectivity index (χ1) is 10.6. The summed E-state index contributed by atoms with van der Waals surface area (Å²) in [7, 11) is 0. The Balaban J connectivity index is 1.90. The highest BCUT2D eigenvalue weighted by Crippen LogP contribution is 2.27. The smallest absolute Gasteiger partial charge is 0.258 e. The van der Waals surface area contributed by atoms with Gasteiger partial charge in [0.05, 0.1) is 0 Å². The van der Waals surface area contributed by atoms with Crippen LogP contribution >= 0.6 is 0 Å². The molecular weight excluding hydrogens is 276 g/mol. The second kappa shape index (κ2) is 7.59. The lowest BCUT2D eigenvalue weighted by atomic mass is 10.0. The number of aromatic nitrogens is 1. The topological polar surface area (TPSA) is 51.2 Å². The van der Waals surface area contributed by atoms with Gasteiger partial charge in [-0.25, -0.2) is 0 Å². The van der Waals surface area contributed by atoms with Gasteiger partial charge in [0.1, 0.15) is 5.75 Å². The van der Waals surface area contributed by atoms with E-state index in [2.05, 4.69) is 36.3 Å². The van der Waals surface area contributed by atoms with Crippen LogP contribution in [0.5, 0.6) is 5.75 Å². The van der Waals surface area contributed by atoms with Crippen molar-refractivity contribution in [3.63, 3.8) is 0 Å². The van der Waals surface area contributed by atoms with Crippen molar-refractivity contribution in [2.45, 2.75) is 33.2 Å². The number of hydrogen-bond donors (Lipinski definition) is 1. The van der Waals surface area contributed by atoms with Gasteiger partial charge in [-0.05, 0) is 41.7 Å². The van der Waals surface area contributed by atoms with Crippen molar-refractivity contribution in [3.8, 4) is 5.75 Å². The molecule has 0 saturated heterocycles. The van der Waals surface area contributed by atoms with Crippen LogP contribution in [-0.2, 0) is 11.3 Å². The van der Waals surface area contributed by atoms with E-state index in [9.17, 15) is 4.79 Å². The Morgan fingerprint density at radius 3 is 2.82 bits per heavy atom. The van der Waals surface area contributed by atoms with E-state index >= 15 is 0 Å². The van der Waals surface area contributed by atoms with E-state index in [1.165, 1.54) is 0 Å². The Labute approximate surface area is 131 Å². The number of hydrogen-bond acceptors (Lipinski definition) is 3. The number of carbonyl (C=O) groups excluding carboxylic acids is 1. The van der Waals surface area contributed by atoms with Crippen LogP contribution in [0, 0.1) is 6.92 Å². The number of nitrogens with zero attached hydrogens (tertiary/aromatic N) is 1. The van der Waals surface area contributed by atoms with Gasteiger partial charge in [-0.2, -0.15) is 0 Å². The molecule has 4 heteroatoms. The highest BCUT2D eigenvalue weighted by atomic mass is 16.5. The van der Waals surface area contributed by atoms with Gasteiger partial charge in [-0.3, -0.25) is 9.78 Å². The third-order valence-corrected chi connectivity index (χ3v) is 3.36. The van der Waals surface area contributed by atoms with Crippen molar-refractivity contribution >= 4 is 5.91 Å². The zero-order valence-electron chi connectivity index (χ0n) is 13.3. The Bertz CT molecular complexity index is 624. The Morgan fingerprint density at radius 2 is 2.14 bits per heavy atom. The number of rotatable bonds is 6. The first-order valence-electron chi connectivity index (χ1n) is 7.45. The lowest BCUT2D eigenvalue weighted by molar-refractivity contribution is -0.123. The molecule has 22 heavy (non-hydrogen) atoms. The van der Waals surface area contributed by atoms with Crippen LogP contribution in [0.4, 0.5) is 0 Å². The summed E-state index contributed by atoms with van der Waals surface area (Å²) in [6.45, 7) is 6.71. The zero-order valence-corrected chi connectivity index (χ0v) is 13.3. The fourth-order valence-electron chi connectivity index (χ4n) is 2.14. The number of ether oxygens (including phenoxy) is 1. The SMILES string of the molecule is Cc1ccc(C(C)C)c(OCC(=O)NCc2cccnc2)c1. The average molecular weight is 298 g/mol. The van der Waals surface area contributed by atoms with Gasteiger partial charge in [0.25, 0.3) is 5.91 Å². The summed E-state index contributed by atoms with van der Waals surface area (Å²) >= 11 is 0. The summed E-state index contributed by atoms with van der Waals surface area (Å²) in [4.78, 5) is 15.9. The molecule has 2 rings (SSSR count). The summed E-state index contributed by atoms with van der Waals surface area (Å²) in [6.07, 6.45) is 3.44. The van der Waals surface area contributed by atoms with Gasteiger partial charge in [-0.15, -0.1) is 0 Å². The van der Waals surface area contributed by atoms with Crippen molar-refractivity contribution in [1.29, 1.82) is 0 Å².